The van der Waals surface area contributed by atoms with E-state index >= 15 is 0 Å². The zero-order chi connectivity index (χ0) is 22.5. The Bertz CT molecular complexity index is 1260. The molecule has 0 spiro atoms. The summed E-state index contributed by atoms with van der Waals surface area (Å²) >= 11 is 0. The number of carbonyl (C=O) groups is 1. The van der Waals surface area contributed by atoms with E-state index in [2.05, 4.69) is 0 Å². The van der Waals surface area contributed by atoms with Crippen molar-refractivity contribution in [2.24, 2.45) is 0 Å². The van der Waals surface area contributed by atoms with Crippen LogP contribution in [-0.2, 0) is 17.9 Å². The molecule has 162 valence electrons. The Hall–Kier alpha value is -3.66. The molecule has 0 aliphatic carbocycles. The first kappa shape index (κ1) is 21.6. The number of nitrogens with zero attached hydrogens (tertiary/aromatic N) is 1. The van der Waals surface area contributed by atoms with Crippen LogP contribution in [0.4, 0.5) is 0 Å². The topological polar surface area (TPSA) is 50.5 Å². The molecule has 1 unspecified atom stereocenters. The van der Waals surface area contributed by atoms with Gasteiger partial charge in [0.05, 0.1) is 29.7 Å². The molecule has 0 saturated heterocycles. The third-order valence-electron chi connectivity index (χ3n) is 5.80. The standard InChI is InChI=1S/C28H27NO3/c1-3-24(22-12-8-5-9-13-22)28(31)29(17-21-10-6-4-7-11-21)18-23-19-32-26-15-14-20(2)16-25(26)27(23)30/h4-16,19,24H,3,17-18H2,1-2H3. The molecule has 4 nitrogen and oxygen atoms in total. The van der Waals surface area contributed by atoms with Crippen molar-refractivity contribution in [2.75, 3.05) is 0 Å². The molecule has 1 aromatic heterocycles. The first-order valence-electron chi connectivity index (χ1n) is 11.0. The third kappa shape index (κ3) is 4.65. The molecule has 1 amide bonds. The van der Waals surface area contributed by atoms with Crippen LogP contribution in [0.3, 0.4) is 0 Å². The molecule has 0 fully saturated rings. The molecule has 1 atom stereocenters. The lowest BCUT2D eigenvalue weighted by atomic mass is 9.94. The second kappa shape index (κ2) is 9.65. The summed E-state index contributed by atoms with van der Waals surface area (Å²) in [7, 11) is 0. The van der Waals surface area contributed by atoms with Crippen molar-refractivity contribution < 1.29 is 9.21 Å². The van der Waals surface area contributed by atoms with E-state index in [0.29, 0.717) is 29.5 Å². The van der Waals surface area contributed by atoms with Crippen molar-refractivity contribution in [1.82, 2.24) is 4.90 Å². The molecule has 0 saturated carbocycles. The fourth-order valence-electron chi connectivity index (χ4n) is 4.07. The summed E-state index contributed by atoms with van der Waals surface area (Å²) in [5.41, 5.74) is 3.95. The summed E-state index contributed by atoms with van der Waals surface area (Å²) in [5, 5.41) is 0.546. The second-order valence-corrected chi connectivity index (χ2v) is 8.14. The highest BCUT2D eigenvalue weighted by Gasteiger charge is 2.26. The van der Waals surface area contributed by atoms with E-state index in [1.54, 1.807) is 4.90 Å². The number of benzene rings is 3. The maximum Gasteiger partial charge on any atom is 0.230 e. The first-order chi connectivity index (χ1) is 15.6. The van der Waals surface area contributed by atoms with Gasteiger partial charge in [-0.1, -0.05) is 79.2 Å². The van der Waals surface area contributed by atoms with Crippen molar-refractivity contribution in [3.8, 4) is 0 Å². The lowest BCUT2D eigenvalue weighted by Crippen LogP contribution is -2.35. The quantitative estimate of drug-likeness (QED) is 0.375. The Kier molecular flexibility index (Phi) is 6.50. The van der Waals surface area contributed by atoms with Gasteiger partial charge >= 0.3 is 0 Å². The zero-order valence-corrected chi connectivity index (χ0v) is 18.5. The average molecular weight is 426 g/mol. The fraction of sp³-hybridized carbons (Fsp3) is 0.214. The van der Waals surface area contributed by atoms with E-state index in [1.165, 1.54) is 6.26 Å². The van der Waals surface area contributed by atoms with Crippen molar-refractivity contribution >= 4 is 16.9 Å². The molecule has 0 bridgehead atoms. The number of carbonyl (C=O) groups excluding carboxylic acids is 1. The Labute approximate surface area is 188 Å². The summed E-state index contributed by atoms with van der Waals surface area (Å²) in [6, 6.07) is 25.3. The summed E-state index contributed by atoms with van der Waals surface area (Å²) in [6.45, 7) is 4.59. The van der Waals surface area contributed by atoms with E-state index in [4.69, 9.17) is 4.42 Å². The van der Waals surface area contributed by atoms with Crippen LogP contribution in [0.1, 0.15) is 41.5 Å². The summed E-state index contributed by atoms with van der Waals surface area (Å²) < 4.78 is 5.74. The SMILES string of the molecule is CCC(C(=O)N(Cc1ccccc1)Cc1coc2ccc(C)cc2c1=O)c1ccccc1. The Morgan fingerprint density at radius 2 is 1.62 bits per heavy atom. The molecule has 4 aromatic rings. The van der Waals surface area contributed by atoms with Crippen LogP contribution in [0.2, 0.25) is 0 Å². The molecule has 0 aliphatic heterocycles. The molecule has 1 heterocycles. The van der Waals surface area contributed by atoms with Crippen LogP contribution in [0.25, 0.3) is 11.0 Å². The summed E-state index contributed by atoms with van der Waals surface area (Å²) in [4.78, 5) is 28.7. The van der Waals surface area contributed by atoms with Gasteiger partial charge in [0, 0.05) is 6.54 Å². The zero-order valence-electron chi connectivity index (χ0n) is 18.5. The van der Waals surface area contributed by atoms with Crippen molar-refractivity contribution in [3.63, 3.8) is 0 Å². The van der Waals surface area contributed by atoms with Crippen molar-refractivity contribution in [1.29, 1.82) is 0 Å². The highest BCUT2D eigenvalue weighted by molar-refractivity contribution is 5.84. The Morgan fingerprint density at radius 1 is 0.938 bits per heavy atom. The average Bonchev–Trinajstić information content (AvgIpc) is 2.82. The molecule has 0 radical (unpaired) electrons. The Balaban J connectivity index is 1.71. The number of rotatable bonds is 7. The van der Waals surface area contributed by atoms with Gasteiger partial charge in [0.15, 0.2) is 5.43 Å². The largest absolute Gasteiger partial charge is 0.464 e. The highest BCUT2D eigenvalue weighted by Crippen LogP contribution is 2.24. The van der Waals surface area contributed by atoms with Gasteiger partial charge < -0.3 is 9.32 Å². The van der Waals surface area contributed by atoms with Gasteiger partial charge in [0.25, 0.3) is 0 Å². The summed E-state index contributed by atoms with van der Waals surface area (Å²) in [6.07, 6.45) is 2.18. The smallest absolute Gasteiger partial charge is 0.230 e. The van der Waals surface area contributed by atoms with Gasteiger partial charge in [-0.2, -0.15) is 0 Å². The summed E-state index contributed by atoms with van der Waals surface area (Å²) in [5.74, 6) is -0.263. The monoisotopic (exact) mass is 425 g/mol. The van der Waals surface area contributed by atoms with Gasteiger partial charge in [-0.05, 0) is 36.6 Å². The molecule has 4 rings (SSSR count). The van der Waals surface area contributed by atoms with Crippen LogP contribution < -0.4 is 5.43 Å². The minimum Gasteiger partial charge on any atom is -0.464 e. The Morgan fingerprint density at radius 3 is 2.31 bits per heavy atom. The first-order valence-corrected chi connectivity index (χ1v) is 11.0. The van der Waals surface area contributed by atoms with E-state index in [9.17, 15) is 9.59 Å². The number of hydrogen-bond donors (Lipinski definition) is 0. The predicted molar refractivity (Wildman–Crippen MR) is 127 cm³/mol. The number of fused-ring (bicyclic) bond motifs is 1. The van der Waals surface area contributed by atoms with Gasteiger partial charge in [0.2, 0.25) is 5.91 Å². The minimum absolute atomic E-state index is 0.00583. The molecular formula is C28H27NO3. The van der Waals surface area contributed by atoms with Gasteiger partial charge in [-0.15, -0.1) is 0 Å². The molecule has 4 heteroatoms. The van der Waals surface area contributed by atoms with Crippen LogP contribution in [0, 0.1) is 6.92 Å². The number of amides is 1. The van der Waals surface area contributed by atoms with E-state index < -0.39 is 0 Å². The van der Waals surface area contributed by atoms with Crippen LogP contribution in [0.5, 0.6) is 0 Å². The van der Waals surface area contributed by atoms with Crippen molar-refractivity contribution in [2.45, 2.75) is 39.3 Å². The lowest BCUT2D eigenvalue weighted by Gasteiger charge is -2.27. The van der Waals surface area contributed by atoms with Crippen LogP contribution in [0.15, 0.2) is 94.3 Å². The van der Waals surface area contributed by atoms with Crippen LogP contribution >= 0.6 is 0 Å². The predicted octanol–water partition coefficient (Wildman–Crippen LogP) is 5.82. The second-order valence-electron chi connectivity index (χ2n) is 8.14. The van der Waals surface area contributed by atoms with Gasteiger partial charge in [-0.3, -0.25) is 9.59 Å². The van der Waals surface area contributed by atoms with E-state index in [1.807, 2.05) is 92.7 Å². The number of aryl methyl sites for hydroxylation is 1. The normalized spacial score (nSPS) is 11.9. The molecule has 3 aromatic carbocycles. The maximum atomic E-state index is 13.7. The molecule has 32 heavy (non-hydrogen) atoms. The minimum atomic E-state index is -0.269. The lowest BCUT2D eigenvalue weighted by molar-refractivity contribution is -0.134. The third-order valence-corrected chi connectivity index (χ3v) is 5.80. The molecular weight excluding hydrogens is 398 g/mol. The fourth-order valence-corrected chi connectivity index (χ4v) is 4.07. The van der Waals surface area contributed by atoms with E-state index in [-0.39, 0.29) is 23.8 Å². The number of hydrogen-bond acceptors (Lipinski definition) is 3. The van der Waals surface area contributed by atoms with E-state index in [0.717, 1.165) is 16.7 Å². The highest BCUT2D eigenvalue weighted by atomic mass is 16.3. The van der Waals surface area contributed by atoms with Gasteiger partial charge in [-0.25, -0.2) is 0 Å². The van der Waals surface area contributed by atoms with Crippen LogP contribution in [-0.4, -0.2) is 10.8 Å². The maximum absolute atomic E-state index is 13.7. The molecule has 0 N–H and O–H groups in total. The van der Waals surface area contributed by atoms with Gasteiger partial charge in [0.1, 0.15) is 5.58 Å². The van der Waals surface area contributed by atoms with Crippen molar-refractivity contribution in [3.05, 3.63) is 118 Å². The molecule has 0 aliphatic rings.